The van der Waals surface area contributed by atoms with Crippen molar-refractivity contribution in [1.29, 1.82) is 0 Å². The van der Waals surface area contributed by atoms with E-state index in [2.05, 4.69) is 5.32 Å². The molecule has 0 saturated heterocycles. The summed E-state index contributed by atoms with van der Waals surface area (Å²) >= 11 is 0. The fraction of sp³-hybridized carbons (Fsp3) is 0.120. The average Bonchev–Trinajstić information content (AvgIpc) is 2.77. The zero-order chi connectivity index (χ0) is 22.1. The van der Waals surface area contributed by atoms with Crippen LogP contribution in [0.4, 0.5) is 5.69 Å². The third-order valence-electron chi connectivity index (χ3n) is 5.13. The van der Waals surface area contributed by atoms with E-state index in [0.29, 0.717) is 27.9 Å². The number of ether oxygens (including phenoxy) is 1. The highest BCUT2D eigenvalue weighted by Gasteiger charge is 2.29. The number of aryl methyl sites for hydroxylation is 1. The molecule has 0 fully saturated rings. The molecule has 6 heteroatoms. The van der Waals surface area contributed by atoms with Crippen molar-refractivity contribution in [2.24, 2.45) is 0 Å². The summed E-state index contributed by atoms with van der Waals surface area (Å²) in [4.78, 5) is 50.2. The maximum Gasteiger partial charge on any atom is 0.338 e. The van der Waals surface area contributed by atoms with Gasteiger partial charge < -0.3 is 10.1 Å². The first-order valence-electron chi connectivity index (χ1n) is 9.76. The van der Waals surface area contributed by atoms with Crippen molar-refractivity contribution in [2.45, 2.75) is 20.0 Å². The summed E-state index contributed by atoms with van der Waals surface area (Å²) in [5.41, 5.74) is 2.92. The van der Waals surface area contributed by atoms with E-state index in [9.17, 15) is 19.2 Å². The number of rotatable bonds is 4. The summed E-state index contributed by atoms with van der Waals surface area (Å²) in [5.74, 6) is -1.66. The summed E-state index contributed by atoms with van der Waals surface area (Å²) in [7, 11) is 0. The minimum Gasteiger partial charge on any atom is -0.449 e. The zero-order valence-electron chi connectivity index (χ0n) is 17.0. The lowest BCUT2D eigenvalue weighted by molar-refractivity contribution is -0.123. The molecule has 1 N–H and O–H groups in total. The first-order valence-corrected chi connectivity index (χ1v) is 9.76. The molecule has 1 amide bonds. The zero-order valence-corrected chi connectivity index (χ0v) is 17.0. The molecule has 4 rings (SSSR count). The van der Waals surface area contributed by atoms with E-state index in [1.807, 2.05) is 6.92 Å². The van der Waals surface area contributed by atoms with Crippen molar-refractivity contribution in [1.82, 2.24) is 0 Å². The van der Waals surface area contributed by atoms with Crippen molar-refractivity contribution >= 4 is 29.1 Å². The number of carbonyl (C=O) groups excluding carboxylic acids is 4. The number of nitrogens with one attached hydrogen (secondary N) is 1. The molecule has 6 nitrogen and oxygen atoms in total. The van der Waals surface area contributed by atoms with Crippen LogP contribution in [-0.4, -0.2) is 29.5 Å². The number of ketones is 2. The molecule has 3 aromatic rings. The molecular weight excluding hydrogens is 394 g/mol. The lowest BCUT2D eigenvalue weighted by Crippen LogP contribution is -2.30. The molecular formula is C25H19NO5. The van der Waals surface area contributed by atoms with Crippen molar-refractivity contribution < 1.29 is 23.9 Å². The van der Waals surface area contributed by atoms with Gasteiger partial charge in [0.25, 0.3) is 5.91 Å². The highest BCUT2D eigenvalue weighted by molar-refractivity contribution is 6.28. The Morgan fingerprint density at radius 2 is 1.39 bits per heavy atom. The van der Waals surface area contributed by atoms with E-state index in [-0.39, 0.29) is 17.1 Å². The fourth-order valence-corrected chi connectivity index (χ4v) is 3.39. The number of carbonyl (C=O) groups is 4. The van der Waals surface area contributed by atoms with Crippen LogP contribution in [0.5, 0.6) is 0 Å². The predicted octanol–water partition coefficient (Wildman–Crippen LogP) is 3.95. The third-order valence-corrected chi connectivity index (χ3v) is 5.13. The maximum atomic E-state index is 12.8. The molecule has 3 aromatic carbocycles. The van der Waals surface area contributed by atoms with Gasteiger partial charge in [0.15, 0.2) is 17.7 Å². The topological polar surface area (TPSA) is 89.5 Å². The van der Waals surface area contributed by atoms with Gasteiger partial charge in [-0.05, 0) is 44.2 Å². The molecule has 0 radical (unpaired) electrons. The Hall–Kier alpha value is -4.06. The van der Waals surface area contributed by atoms with Gasteiger partial charge in [-0.3, -0.25) is 14.4 Å². The van der Waals surface area contributed by atoms with Crippen LogP contribution in [0.3, 0.4) is 0 Å². The van der Waals surface area contributed by atoms with Crippen molar-refractivity contribution in [2.75, 3.05) is 5.32 Å². The van der Waals surface area contributed by atoms with Crippen LogP contribution in [0.2, 0.25) is 0 Å². The predicted molar refractivity (Wildman–Crippen MR) is 114 cm³/mol. The monoisotopic (exact) mass is 413 g/mol. The Kier molecular flexibility index (Phi) is 5.21. The Bertz CT molecular complexity index is 1230. The summed E-state index contributed by atoms with van der Waals surface area (Å²) in [6, 6.07) is 18.0. The van der Waals surface area contributed by atoms with E-state index >= 15 is 0 Å². The van der Waals surface area contributed by atoms with Gasteiger partial charge in [-0.2, -0.15) is 0 Å². The van der Waals surface area contributed by atoms with Crippen molar-refractivity contribution in [3.63, 3.8) is 0 Å². The van der Waals surface area contributed by atoms with Crippen LogP contribution >= 0.6 is 0 Å². The smallest absolute Gasteiger partial charge is 0.338 e. The third kappa shape index (κ3) is 3.88. The Labute approximate surface area is 178 Å². The van der Waals surface area contributed by atoms with Gasteiger partial charge in [-0.25, -0.2) is 4.79 Å². The number of hydrogen-bond acceptors (Lipinski definition) is 5. The van der Waals surface area contributed by atoms with Gasteiger partial charge in [0, 0.05) is 27.9 Å². The van der Waals surface area contributed by atoms with Gasteiger partial charge >= 0.3 is 5.97 Å². The van der Waals surface area contributed by atoms with Crippen LogP contribution < -0.4 is 5.32 Å². The molecule has 154 valence electrons. The number of hydrogen-bond donors (Lipinski definition) is 1. The summed E-state index contributed by atoms with van der Waals surface area (Å²) in [6.45, 7) is 3.37. The maximum absolute atomic E-state index is 12.8. The Morgan fingerprint density at radius 3 is 2.03 bits per heavy atom. The van der Waals surface area contributed by atoms with Crippen LogP contribution in [-0.2, 0) is 9.53 Å². The minimum absolute atomic E-state index is 0.228. The largest absolute Gasteiger partial charge is 0.449 e. The van der Waals surface area contributed by atoms with Crippen molar-refractivity contribution in [3.05, 3.63) is 100 Å². The van der Waals surface area contributed by atoms with Crippen LogP contribution in [0.25, 0.3) is 0 Å². The van der Waals surface area contributed by atoms with Crippen LogP contribution in [0.1, 0.15) is 54.7 Å². The van der Waals surface area contributed by atoms with Crippen LogP contribution in [0, 0.1) is 6.92 Å². The second kappa shape index (κ2) is 7.99. The van der Waals surface area contributed by atoms with E-state index in [0.717, 1.165) is 5.56 Å². The molecule has 0 aromatic heterocycles. The quantitative estimate of drug-likeness (QED) is 0.512. The second-order valence-corrected chi connectivity index (χ2v) is 7.37. The van der Waals surface area contributed by atoms with Crippen molar-refractivity contribution in [3.8, 4) is 0 Å². The number of fused-ring (bicyclic) bond motifs is 2. The fourth-order valence-electron chi connectivity index (χ4n) is 3.39. The van der Waals surface area contributed by atoms with E-state index in [4.69, 9.17) is 4.74 Å². The molecule has 31 heavy (non-hydrogen) atoms. The van der Waals surface area contributed by atoms with E-state index in [1.165, 1.54) is 19.1 Å². The molecule has 1 aliphatic carbocycles. The molecule has 1 atom stereocenters. The standard InChI is InChI=1S/C25H19NO5/c1-14-7-9-16(10-8-14)25(30)31-15(2)24(29)26-17-11-12-20-21(13-17)23(28)19-6-4-3-5-18(19)22(20)27/h3-13,15H,1-2H3,(H,26,29). The molecule has 0 bridgehead atoms. The highest BCUT2D eigenvalue weighted by atomic mass is 16.5. The summed E-state index contributed by atoms with van der Waals surface area (Å²) in [6.07, 6.45) is -1.05. The lowest BCUT2D eigenvalue weighted by atomic mass is 9.84. The number of esters is 1. The first-order chi connectivity index (χ1) is 14.8. The first kappa shape index (κ1) is 20.2. The normalized spacial score (nSPS) is 13.1. The Balaban J connectivity index is 1.49. The van der Waals surface area contributed by atoms with Gasteiger partial charge in [-0.1, -0.05) is 42.0 Å². The second-order valence-electron chi connectivity index (χ2n) is 7.37. The van der Waals surface area contributed by atoms with Gasteiger partial charge in [0.1, 0.15) is 0 Å². The molecule has 0 saturated carbocycles. The van der Waals surface area contributed by atoms with Gasteiger partial charge in [0.2, 0.25) is 0 Å². The molecule has 0 heterocycles. The molecule has 0 spiro atoms. The minimum atomic E-state index is -1.05. The number of amides is 1. The van der Waals surface area contributed by atoms with Gasteiger partial charge in [-0.15, -0.1) is 0 Å². The summed E-state index contributed by atoms with van der Waals surface area (Å²) in [5, 5.41) is 2.64. The summed E-state index contributed by atoms with van der Waals surface area (Å²) < 4.78 is 5.24. The average molecular weight is 413 g/mol. The molecule has 0 aliphatic heterocycles. The number of benzene rings is 3. The molecule has 1 unspecified atom stereocenters. The molecule has 1 aliphatic rings. The SMILES string of the molecule is Cc1ccc(C(=O)OC(C)C(=O)Nc2ccc3c(c2)C(=O)c2ccccc2C3=O)cc1. The van der Waals surface area contributed by atoms with E-state index in [1.54, 1.807) is 54.6 Å². The lowest BCUT2D eigenvalue weighted by Gasteiger charge is -2.19. The highest BCUT2D eigenvalue weighted by Crippen LogP contribution is 2.29. The van der Waals surface area contributed by atoms with Crippen LogP contribution in [0.15, 0.2) is 66.7 Å². The van der Waals surface area contributed by atoms with Gasteiger partial charge in [0.05, 0.1) is 5.56 Å². The Morgan fingerprint density at radius 1 is 0.806 bits per heavy atom. The number of anilines is 1. The van der Waals surface area contributed by atoms with E-state index < -0.39 is 18.0 Å².